The first-order chi connectivity index (χ1) is 12.8. The highest BCUT2D eigenvalue weighted by Gasteiger charge is 2.39. The summed E-state index contributed by atoms with van der Waals surface area (Å²) < 4.78 is 31.7. The van der Waals surface area contributed by atoms with Crippen molar-refractivity contribution in [1.29, 1.82) is 0 Å². The fourth-order valence-corrected chi connectivity index (χ4v) is 4.12. The monoisotopic (exact) mass is 386 g/mol. The molecule has 27 heavy (non-hydrogen) atoms. The fourth-order valence-electron chi connectivity index (χ4n) is 4.12. The van der Waals surface area contributed by atoms with Gasteiger partial charge in [0.25, 0.3) is 0 Å². The van der Waals surface area contributed by atoms with Gasteiger partial charge in [-0.2, -0.15) is 13.2 Å². The molecule has 6 nitrogen and oxygen atoms in total. The normalized spacial score (nSPS) is 26.0. The summed E-state index contributed by atoms with van der Waals surface area (Å²) in [5, 5.41) is 7.12. The second kappa shape index (κ2) is 8.41. The minimum Gasteiger partial charge on any atom is -0.475 e. The van der Waals surface area contributed by atoms with Gasteiger partial charge in [0.05, 0.1) is 6.20 Å². The summed E-state index contributed by atoms with van der Waals surface area (Å²) >= 11 is 0. The number of carbonyl (C=O) groups is 1. The second-order valence-electron chi connectivity index (χ2n) is 7.64. The van der Waals surface area contributed by atoms with Crippen LogP contribution in [0.2, 0.25) is 0 Å². The number of nitrogens with zero attached hydrogens (tertiary/aromatic N) is 4. The van der Waals surface area contributed by atoms with Crippen LogP contribution in [0.25, 0.3) is 0 Å². The maximum atomic E-state index is 10.6. The van der Waals surface area contributed by atoms with Crippen molar-refractivity contribution >= 4 is 11.8 Å². The Kier molecular flexibility index (Phi) is 6.18. The van der Waals surface area contributed by atoms with E-state index in [9.17, 15) is 13.2 Å². The van der Waals surface area contributed by atoms with Crippen LogP contribution in [0.3, 0.4) is 0 Å². The van der Waals surface area contributed by atoms with Crippen LogP contribution in [0.15, 0.2) is 18.6 Å². The van der Waals surface area contributed by atoms with Crippen LogP contribution in [0.4, 0.5) is 19.0 Å². The van der Waals surface area contributed by atoms with Crippen LogP contribution < -0.4 is 4.90 Å². The third-order valence-electron chi connectivity index (χ3n) is 5.73. The number of aromatic nitrogens is 2. The van der Waals surface area contributed by atoms with E-state index in [4.69, 9.17) is 9.90 Å². The van der Waals surface area contributed by atoms with Crippen molar-refractivity contribution < 1.29 is 23.1 Å². The molecule has 4 rings (SSSR count). The van der Waals surface area contributed by atoms with Gasteiger partial charge in [0.2, 0.25) is 0 Å². The predicted molar refractivity (Wildman–Crippen MR) is 93.3 cm³/mol. The minimum absolute atomic E-state index is 0.839. The summed E-state index contributed by atoms with van der Waals surface area (Å²) in [4.78, 5) is 22.7. The molecule has 9 heteroatoms. The molecule has 2 atom stereocenters. The molecule has 0 radical (unpaired) electrons. The lowest BCUT2D eigenvalue weighted by Gasteiger charge is -2.34. The number of piperidine rings is 1. The van der Waals surface area contributed by atoms with E-state index in [0.29, 0.717) is 0 Å². The number of hydrogen-bond acceptors (Lipinski definition) is 5. The van der Waals surface area contributed by atoms with E-state index in [1.807, 2.05) is 6.20 Å². The lowest BCUT2D eigenvalue weighted by atomic mass is 9.85. The zero-order chi connectivity index (χ0) is 19.4. The van der Waals surface area contributed by atoms with Crippen LogP contribution in [0.1, 0.15) is 25.7 Å². The Morgan fingerprint density at radius 3 is 2.41 bits per heavy atom. The SMILES string of the molecule is O=C(O)C(F)(F)F.c1cnc(N2CC[C@@H]3CN(CC4CCC4)C[C@@H]3C2)cn1. The summed E-state index contributed by atoms with van der Waals surface area (Å²) in [6.07, 6.45) is 6.11. The van der Waals surface area contributed by atoms with Crippen LogP contribution in [-0.4, -0.2) is 64.8 Å². The zero-order valence-corrected chi connectivity index (χ0v) is 15.1. The van der Waals surface area contributed by atoms with Gasteiger partial charge >= 0.3 is 12.1 Å². The lowest BCUT2D eigenvalue weighted by Crippen LogP contribution is -2.40. The van der Waals surface area contributed by atoms with Gasteiger partial charge in [-0.15, -0.1) is 0 Å². The molecule has 0 spiro atoms. The average molecular weight is 386 g/mol. The number of carboxylic acids is 1. The molecule has 3 aliphatic rings. The summed E-state index contributed by atoms with van der Waals surface area (Å²) in [6, 6.07) is 0. The number of alkyl halides is 3. The number of rotatable bonds is 3. The average Bonchev–Trinajstić information content (AvgIpc) is 3.00. The Bertz CT molecular complexity index is 625. The van der Waals surface area contributed by atoms with Gasteiger partial charge in [-0.05, 0) is 37.0 Å². The molecule has 1 aromatic rings. The summed E-state index contributed by atoms with van der Waals surface area (Å²) in [5.41, 5.74) is 0. The molecule has 1 aliphatic carbocycles. The first-order valence-corrected chi connectivity index (χ1v) is 9.36. The first-order valence-electron chi connectivity index (χ1n) is 9.36. The quantitative estimate of drug-likeness (QED) is 0.861. The number of fused-ring (bicyclic) bond motifs is 1. The Balaban J connectivity index is 0.000000260. The summed E-state index contributed by atoms with van der Waals surface area (Å²) in [5.74, 6) is 1.07. The van der Waals surface area contributed by atoms with Crippen LogP contribution in [-0.2, 0) is 4.79 Å². The van der Waals surface area contributed by atoms with Crippen LogP contribution in [0.5, 0.6) is 0 Å². The highest BCUT2D eigenvalue weighted by molar-refractivity contribution is 5.73. The van der Waals surface area contributed by atoms with Crippen LogP contribution >= 0.6 is 0 Å². The van der Waals surface area contributed by atoms with Gasteiger partial charge < -0.3 is 14.9 Å². The highest BCUT2D eigenvalue weighted by Crippen LogP contribution is 2.35. The number of hydrogen-bond donors (Lipinski definition) is 1. The van der Waals surface area contributed by atoms with Gasteiger partial charge in [0.15, 0.2) is 0 Å². The number of likely N-dealkylation sites (tertiary alicyclic amines) is 1. The van der Waals surface area contributed by atoms with Crippen molar-refractivity contribution in [3.8, 4) is 0 Å². The third-order valence-corrected chi connectivity index (χ3v) is 5.73. The fraction of sp³-hybridized carbons (Fsp3) is 0.722. The molecule has 0 amide bonds. The molecule has 1 saturated carbocycles. The number of halogens is 3. The molecule has 1 aromatic heterocycles. The van der Waals surface area contributed by atoms with E-state index < -0.39 is 12.1 Å². The minimum atomic E-state index is -5.08. The topological polar surface area (TPSA) is 69.6 Å². The lowest BCUT2D eigenvalue weighted by molar-refractivity contribution is -0.192. The molecule has 3 fully saturated rings. The molecule has 1 N–H and O–H groups in total. The summed E-state index contributed by atoms with van der Waals surface area (Å²) in [6.45, 7) is 6.33. The van der Waals surface area contributed by atoms with Crippen molar-refractivity contribution in [3.05, 3.63) is 18.6 Å². The van der Waals surface area contributed by atoms with E-state index in [1.54, 1.807) is 12.4 Å². The molecule has 0 bridgehead atoms. The standard InChI is InChI=1S/C16H24N4.C2HF3O2/c1-2-13(3-1)9-19-10-14-4-7-20(12-15(14)11-19)16-8-17-5-6-18-16;3-2(4,5)1(6)7/h5-6,8,13-15H,1-4,7,9-12H2;(H,6,7)/t14-,15-;/m1./s1. The van der Waals surface area contributed by atoms with E-state index in [2.05, 4.69) is 19.8 Å². The maximum absolute atomic E-state index is 10.6. The number of carboxylic acid groups (broad SMARTS) is 1. The third kappa shape index (κ3) is 5.31. The van der Waals surface area contributed by atoms with E-state index in [-0.39, 0.29) is 0 Å². The van der Waals surface area contributed by atoms with E-state index in [1.165, 1.54) is 51.9 Å². The second-order valence-corrected chi connectivity index (χ2v) is 7.64. The smallest absolute Gasteiger partial charge is 0.475 e. The van der Waals surface area contributed by atoms with Crippen molar-refractivity contribution in [1.82, 2.24) is 14.9 Å². The van der Waals surface area contributed by atoms with Crippen molar-refractivity contribution in [2.75, 3.05) is 37.6 Å². The van der Waals surface area contributed by atoms with Crippen molar-refractivity contribution in [3.63, 3.8) is 0 Å². The molecule has 2 saturated heterocycles. The van der Waals surface area contributed by atoms with Gasteiger partial charge in [-0.25, -0.2) is 9.78 Å². The van der Waals surface area contributed by atoms with Gasteiger partial charge in [0, 0.05) is 45.1 Å². The molecule has 0 unspecified atom stereocenters. The highest BCUT2D eigenvalue weighted by atomic mass is 19.4. The van der Waals surface area contributed by atoms with Gasteiger partial charge in [0.1, 0.15) is 5.82 Å². The maximum Gasteiger partial charge on any atom is 0.490 e. The van der Waals surface area contributed by atoms with E-state index >= 15 is 0 Å². The Labute approximate surface area is 156 Å². The molecule has 3 heterocycles. The van der Waals surface area contributed by atoms with Crippen LogP contribution in [0, 0.1) is 17.8 Å². The molecule has 2 aliphatic heterocycles. The molecule has 0 aromatic carbocycles. The Hall–Kier alpha value is -1.90. The molecule has 150 valence electrons. The van der Waals surface area contributed by atoms with Gasteiger partial charge in [-0.1, -0.05) is 6.42 Å². The Morgan fingerprint density at radius 1 is 1.15 bits per heavy atom. The first kappa shape index (κ1) is 19.9. The number of aliphatic carboxylic acids is 1. The molecular weight excluding hydrogens is 361 g/mol. The largest absolute Gasteiger partial charge is 0.490 e. The van der Waals surface area contributed by atoms with E-state index in [0.717, 1.165) is 30.1 Å². The predicted octanol–water partition coefficient (Wildman–Crippen LogP) is 2.67. The Morgan fingerprint density at radius 2 is 1.85 bits per heavy atom. The zero-order valence-electron chi connectivity index (χ0n) is 15.1. The summed E-state index contributed by atoms with van der Waals surface area (Å²) in [7, 11) is 0. The van der Waals surface area contributed by atoms with Gasteiger partial charge in [-0.3, -0.25) is 4.98 Å². The molecular formula is C18H25F3N4O2. The van der Waals surface area contributed by atoms with Crippen molar-refractivity contribution in [2.24, 2.45) is 17.8 Å². The van der Waals surface area contributed by atoms with Crippen molar-refractivity contribution in [2.45, 2.75) is 31.9 Å². The number of anilines is 1.